The zero-order valence-electron chi connectivity index (χ0n) is 12.3. The van der Waals surface area contributed by atoms with Crippen LogP contribution in [0.1, 0.15) is 53.9 Å². The summed E-state index contributed by atoms with van der Waals surface area (Å²) < 4.78 is 11.1. The maximum Gasteiger partial charge on any atom is 0.339 e. The first-order valence-electron chi connectivity index (χ1n) is 6.90. The molecule has 0 aromatic rings. The van der Waals surface area contributed by atoms with E-state index in [1.165, 1.54) is 0 Å². The van der Waals surface area contributed by atoms with Gasteiger partial charge in [-0.05, 0) is 24.8 Å². The van der Waals surface area contributed by atoms with Gasteiger partial charge in [-0.25, -0.2) is 4.79 Å². The lowest BCUT2D eigenvalue weighted by Gasteiger charge is -2.40. The molecule has 104 valence electrons. The van der Waals surface area contributed by atoms with Crippen molar-refractivity contribution >= 4 is 5.97 Å². The Morgan fingerprint density at radius 1 is 1.39 bits per heavy atom. The molecule has 0 saturated carbocycles. The molecule has 3 nitrogen and oxygen atoms in total. The smallest absolute Gasteiger partial charge is 0.339 e. The molecule has 0 amide bonds. The monoisotopic (exact) mass is 254 g/mol. The molecule has 0 spiro atoms. The van der Waals surface area contributed by atoms with Gasteiger partial charge in [0.15, 0.2) is 6.10 Å². The van der Waals surface area contributed by atoms with Gasteiger partial charge in [0, 0.05) is 0 Å². The molecule has 0 aromatic carbocycles. The van der Waals surface area contributed by atoms with Crippen molar-refractivity contribution in [2.75, 3.05) is 6.61 Å². The van der Waals surface area contributed by atoms with Crippen molar-refractivity contribution in [2.45, 2.75) is 65.6 Å². The minimum Gasteiger partial charge on any atom is -0.464 e. The van der Waals surface area contributed by atoms with Crippen molar-refractivity contribution < 1.29 is 14.3 Å². The standard InChI is InChI=1S/C15H26O3/c1-6-8-10-15(14(3,4)5)11-9-12(18-15)13(16)17-7-2/h9,11-12H,6-8,10H2,1-5H3/t12-,15+/m0/s1. The van der Waals surface area contributed by atoms with Crippen LogP contribution in [0, 0.1) is 5.41 Å². The third-order valence-corrected chi connectivity index (χ3v) is 3.57. The summed E-state index contributed by atoms with van der Waals surface area (Å²) in [5, 5.41) is 0. The SMILES string of the molecule is CCCC[C@]1(C(C)(C)C)C=C[C@@H](C(=O)OCC)O1. The van der Waals surface area contributed by atoms with Crippen molar-refractivity contribution in [3.63, 3.8) is 0 Å². The number of carbonyl (C=O) groups is 1. The fourth-order valence-corrected chi connectivity index (χ4v) is 2.28. The third kappa shape index (κ3) is 3.14. The molecule has 1 aliphatic heterocycles. The van der Waals surface area contributed by atoms with E-state index in [1.807, 2.05) is 13.0 Å². The molecule has 0 aliphatic carbocycles. The molecule has 0 bridgehead atoms. The number of unbranched alkanes of at least 4 members (excludes halogenated alkanes) is 1. The van der Waals surface area contributed by atoms with Crippen LogP contribution in [0.5, 0.6) is 0 Å². The zero-order valence-corrected chi connectivity index (χ0v) is 12.3. The van der Waals surface area contributed by atoms with Gasteiger partial charge in [-0.15, -0.1) is 0 Å². The van der Waals surface area contributed by atoms with Crippen LogP contribution in [0.4, 0.5) is 0 Å². The second kappa shape index (κ2) is 5.87. The van der Waals surface area contributed by atoms with Crippen LogP contribution in [0.25, 0.3) is 0 Å². The summed E-state index contributed by atoms with van der Waals surface area (Å²) >= 11 is 0. The Hall–Kier alpha value is -0.830. The van der Waals surface area contributed by atoms with Gasteiger partial charge in [-0.3, -0.25) is 0 Å². The van der Waals surface area contributed by atoms with Crippen molar-refractivity contribution in [3.05, 3.63) is 12.2 Å². The topological polar surface area (TPSA) is 35.5 Å². The number of esters is 1. The molecule has 2 atom stereocenters. The van der Waals surface area contributed by atoms with Crippen LogP contribution < -0.4 is 0 Å². The molecular weight excluding hydrogens is 228 g/mol. The van der Waals surface area contributed by atoms with Crippen LogP contribution in [0.3, 0.4) is 0 Å². The molecule has 1 aliphatic rings. The number of ether oxygens (including phenoxy) is 2. The summed E-state index contributed by atoms with van der Waals surface area (Å²) in [6.07, 6.45) is 6.53. The molecule has 3 heteroatoms. The summed E-state index contributed by atoms with van der Waals surface area (Å²) in [4.78, 5) is 11.7. The second-order valence-corrected chi connectivity index (χ2v) is 5.89. The first-order chi connectivity index (χ1) is 8.36. The Bertz CT molecular complexity index is 314. The van der Waals surface area contributed by atoms with Crippen LogP contribution in [-0.2, 0) is 14.3 Å². The minimum atomic E-state index is -0.541. The summed E-state index contributed by atoms with van der Waals surface area (Å²) in [6.45, 7) is 10.8. The summed E-state index contributed by atoms with van der Waals surface area (Å²) in [5.41, 5.74) is -0.375. The van der Waals surface area contributed by atoms with Gasteiger partial charge in [0.1, 0.15) is 0 Å². The van der Waals surface area contributed by atoms with Crippen LogP contribution in [0.15, 0.2) is 12.2 Å². The van der Waals surface area contributed by atoms with Gasteiger partial charge >= 0.3 is 5.97 Å². The highest BCUT2D eigenvalue weighted by atomic mass is 16.6. The molecular formula is C15H26O3. The Morgan fingerprint density at radius 3 is 2.56 bits per heavy atom. The molecule has 0 unspecified atom stereocenters. The van der Waals surface area contributed by atoms with Gasteiger partial charge in [-0.1, -0.05) is 46.6 Å². The van der Waals surface area contributed by atoms with Gasteiger partial charge in [0.2, 0.25) is 0 Å². The maximum absolute atomic E-state index is 11.7. The molecule has 0 fully saturated rings. The van der Waals surface area contributed by atoms with Gasteiger partial charge in [0.25, 0.3) is 0 Å². The molecule has 0 radical (unpaired) electrons. The van der Waals surface area contributed by atoms with Crippen molar-refractivity contribution in [1.82, 2.24) is 0 Å². The molecule has 0 N–H and O–H groups in total. The number of hydrogen-bond acceptors (Lipinski definition) is 3. The van der Waals surface area contributed by atoms with E-state index in [2.05, 4.69) is 33.8 Å². The summed E-state index contributed by atoms with van der Waals surface area (Å²) in [6, 6.07) is 0. The Kier molecular flexibility index (Phi) is 4.97. The Morgan fingerprint density at radius 2 is 2.06 bits per heavy atom. The van der Waals surface area contributed by atoms with Crippen LogP contribution in [0.2, 0.25) is 0 Å². The molecule has 0 aromatic heterocycles. The fraction of sp³-hybridized carbons (Fsp3) is 0.800. The van der Waals surface area contributed by atoms with Gasteiger partial charge < -0.3 is 9.47 Å². The predicted octanol–water partition coefficient (Wildman–Crippen LogP) is 3.48. The van der Waals surface area contributed by atoms with E-state index >= 15 is 0 Å². The number of rotatable bonds is 5. The van der Waals surface area contributed by atoms with Gasteiger partial charge in [-0.2, -0.15) is 0 Å². The predicted molar refractivity (Wildman–Crippen MR) is 72.4 cm³/mol. The van der Waals surface area contributed by atoms with E-state index in [-0.39, 0.29) is 17.0 Å². The average molecular weight is 254 g/mol. The van der Waals surface area contributed by atoms with E-state index in [0.717, 1.165) is 19.3 Å². The lowest BCUT2D eigenvalue weighted by atomic mass is 9.74. The lowest BCUT2D eigenvalue weighted by molar-refractivity contribution is -0.165. The Balaban J connectivity index is 2.79. The lowest BCUT2D eigenvalue weighted by Crippen LogP contribution is -2.44. The van der Waals surface area contributed by atoms with Gasteiger partial charge in [0.05, 0.1) is 12.2 Å². The van der Waals surface area contributed by atoms with E-state index in [9.17, 15) is 4.79 Å². The first kappa shape index (κ1) is 15.2. The molecule has 0 saturated heterocycles. The number of carbonyl (C=O) groups excluding carboxylic acids is 1. The van der Waals surface area contributed by atoms with Crippen molar-refractivity contribution in [2.24, 2.45) is 5.41 Å². The maximum atomic E-state index is 11.7. The zero-order chi connectivity index (χ0) is 13.8. The van der Waals surface area contributed by atoms with Crippen LogP contribution in [-0.4, -0.2) is 24.3 Å². The highest BCUT2D eigenvalue weighted by Crippen LogP contribution is 2.43. The molecule has 18 heavy (non-hydrogen) atoms. The number of hydrogen-bond donors (Lipinski definition) is 0. The van der Waals surface area contributed by atoms with E-state index in [4.69, 9.17) is 9.47 Å². The quantitative estimate of drug-likeness (QED) is 0.556. The first-order valence-corrected chi connectivity index (χ1v) is 6.90. The third-order valence-electron chi connectivity index (χ3n) is 3.57. The summed E-state index contributed by atoms with van der Waals surface area (Å²) in [5.74, 6) is -0.281. The van der Waals surface area contributed by atoms with Crippen LogP contribution >= 0.6 is 0 Å². The van der Waals surface area contributed by atoms with Crippen molar-refractivity contribution in [1.29, 1.82) is 0 Å². The highest BCUT2D eigenvalue weighted by molar-refractivity contribution is 5.77. The van der Waals surface area contributed by atoms with E-state index in [0.29, 0.717) is 6.61 Å². The highest BCUT2D eigenvalue weighted by Gasteiger charge is 2.46. The largest absolute Gasteiger partial charge is 0.464 e. The normalized spacial score (nSPS) is 27.5. The Labute approximate surface area is 111 Å². The summed E-state index contributed by atoms with van der Waals surface area (Å²) in [7, 11) is 0. The average Bonchev–Trinajstić information content (AvgIpc) is 2.71. The molecule has 1 heterocycles. The van der Waals surface area contributed by atoms with Crippen molar-refractivity contribution in [3.8, 4) is 0 Å². The molecule has 1 rings (SSSR count). The fourth-order valence-electron chi connectivity index (χ4n) is 2.28. The van der Waals surface area contributed by atoms with E-state index in [1.54, 1.807) is 0 Å². The minimum absolute atomic E-state index is 0.0279. The van der Waals surface area contributed by atoms with E-state index < -0.39 is 6.10 Å². The second-order valence-electron chi connectivity index (χ2n) is 5.89.